The van der Waals surface area contributed by atoms with Gasteiger partial charge in [0.2, 0.25) is 0 Å². The fourth-order valence-corrected chi connectivity index (χ4v) is 0.538. The highest BCUT2D eigenvalue weighted by Gasteiger charge is 2.09. The van der Waals surface area contributed by atoms with Crippen LogP contribution >= 0.6 is 0 Å². The van der Waals surface area contributed by atoms with Crippen LogP contribution < -0.4 is 5.43 Å². The zero-order valence-corrected chi connectivity index (χ0v) is 6.65. The molecular formula is C4H5N7O3. The minimum atomic E-state index is -0.830. The summed E-state index contributed by atoms with van der Waals surface area (Å²) < 4.78 is 0. The Bertz CT molecular complexity index is 355. The molecule has 0 fully saturated rings. The van der Waals surface area contributed by atoms with Crippen molar-refractivity contribution in [3.05, 3.63) is 16.4 Å². The SMILES string of the molecule is O=[N+]([O-])C(/C=N\O)=N\Nc1ncn[nH]1. The number of nitro groups is 1. The Labute approximate surface area is 76.5 Å². The quantitative estimate of drug-likeness (QED) is 0.192. The molecule has 0 spiro atoms. The molecule has 1 aromatic rings. The van der Waals surface area contributed by atoms with Crippen molar-refractivity contribution >= 4 is 18.0 Å². The van der Waals surface area contributed by atoms with Crippen LogP contribution in [0.15, 0.2) is 16.6 Å². The lowest BCUT2D eigenvalue weighted by molar-refractivity contribution is -0.345. The third-order valence-corrected chi connectivity index (χ3v) is 1.05. The molecule has 3 N–H and O–H groups in total. The zero-order valence-electron chi connectivity index (χ0n) is 6.65. The summed E-state index contributed by atoms with van der Waals surface area (Å²) in [5.41, 5.74) is 2.21. The zero-order chi connectivity index (χ0) is 10.4. The lowest BCUT2D eigenvalue weighted by Gasteiger charge is -1.89. The molecule has 0 bridgehead atoms. The normalized spacial score (nSPS) is 11.9. The van der Waals surface area contributed by atoms with Gasteiger partial charge in [-0.05, 0) is 4.92 Å². The first-order chi connectivity index (χ1) is 6.74. The number of aromatic nitrogens is 3. The van der Waals surface area contributed by atoms with Gasteiger partial charge in [0.25, 0.3) is 5.95 Å². The fourth-order valence-electron chi connectivity index (χ4n) is 0.538. The summed E-state index contributed by atoms with van der Waals surface area (Å²) in [6.45, 7) is 0. The molecule has 0 amide bonds. The number of aromatic amines is 1. The van der Waals surface area contributed by atoms with E-state index in [9.17, 15) is 10.1 Å². The van der Waals surface area contributed by atoms with Crippen LogP contribution in [-0.4, -0.2) is 37.4 Å². The minimum Gasteiger partial charge on any atom is -0.411 e. The monoisotopic (exact) mass is 199 g/mol. The van der Waals surface area contributed by atoms with Crippen molar-refractivity contribution in [3.63, 3.8) is 0 Å². The van der Waals surface area contributed by atoms with E-state index in [1.54, 1.807) is 0 Å². The van der Waals surface area contributed by atoms with Gasteiger partial charge in [-0.15, -0.1) is 5.43 Å². The van der Waals surface area contributed by atoms with E-state index >= 15 is 0 Å². The molecule has 0 saturated carbocycles. The summed E-state index contributed by atoms with van der Waals surface area (Å²) in [6, 6.07) is 0. The molecule has 0 radical (unpaired) electrons. The van der Waals surface area contributed by atoms with Gasteiger partial charge >= 0.3 is 5.84 Å². The van der Waals surface area contributed by atoms with Crippen LogP contribution in [0.5, 0.6) is 0 Å². The molecule has 10 nitrogen and oxygen atoms in total. The Hall–Kier alpha value is -2.52. The first-order valence-electron chi connectivity index (χ1n) is 3.25. The van der Waals surface area contributed by atoms with Crippen molar-refractivity contribution < 1.29 is 10.1 Å². The van der Waals surface area contributed by atoms with E-state index in [1.165, 1.54) is 6.33 Å². The first kappa shape index (κ1) is 9.57. The van der Waals surface area contributed by atoms with Crippen LogP contribution in [0.25, 0.3) is 0 Å². The van der Waals surface area contributed by atoms with E-state index in [0.29, 0.717) is 6.21 Å². The van der Waals surface area contributed by atoms with E-state index < -0.39 is 10.8 Å². The van der Waals surface area contributed by atoms with Crippen molar-refractivity contribution in [2.45, 2.75) is 0 Å². The number of rotatable bonds is 3. The molecule has 0 aromatic carbocycles. The molecule has 0 aliphatic heterocycles. The summed E-state index contributed by atoms with van der Waals surface area (Å²) >= 11 is 0. The molecular weight excluding hydrogens is 194 g/mol. The minimum absolute atomic E-state index is 0.135. The summed E-state index contributed by atoms with van der Waals surface area (Å²) in [6.07, 6.45) is 1.77. The predicted molar refractivity (Wildman–Crippen MR) is 44.7 cm³/mol. The summed E-state index contributed by atoms with van der Waals surface area (Å²) in [5, 5.41) is 29.9. The Balaban J connectivity index is 2.69. The molecule has 74 valence electrons. The smallest absolute Gasteiger partial charge is 0.409 e. The number of nitrogens with zero attached hydrogens (tertiary/aromatic N) is 5. The number of oxime groups is 1. The lowest BCUT2D eigenvalue weighted by atomic mass is 10.7. The van der Waals surface area contributed by atoms with Crippen LogP contribution in [0.1, 0.15) is 0 Å². The second kappa shape index (κ2) is 4.49. The number of amidine groups is 1. The maximum absolute atomic E-state index is 10.2. The van der Waals surface area contributed by atoms with Gasteiger partial charge in [0, 0.05) is 0 Å². The van der Waals surface area contributed by atoms with E-state index in [-0.39, 0.29) is 5.95 Å². The van der Waals surface area contributed by atoms with Crippen molar-refractivity contribution in [3.8, 4) is 0 Å². The molecule has 0 atom stereocenters. The molecule has 0 saturated heterocycles. The molecule has 1 aromatic heterocycles. The molecule has 0 aliphatic rings. The van der Waals surface area contributed by atoms with E-state index in [0.717, 1.165) is 0 Å². The van der Waals surface area contributed by atoms with Crippen molar-refractivity contribution in [2.24, 2.45) is 10.3 Å². The van der Waals surface area contributed by atoms with E-state index in [4.69, 9.17) is 5.21 Å². The highest BCUT2D eigenvalue weighted by molar-refractivity contribution is 6.25. The highest BCUT2D eigenvalue weighted by Crippen LogP contribution is 1.91. The first-order valence-corrected chi connectivity index (χ1v) is 3.25. The summed E-state index contributed by atoms with van der Waals surface area (Å²) in [5.74, 6) is -0.528. The van der Waals surface area contributed by atoms with Crippen LogP contribution in [0.3, 0.4) is 0 Å². The number of H-pyrrole nitrogens is 1. The number of hydrogen-bond donors (Lipinski definition) is 3. The Morgan fingerprint density at radius 1 is 1.86 bits per heavy atom. The average molecular weight is 199 g/mol. The van der Waals surface area contributed by atoms with E-state index in [2.05, 4.69) is 30.9 Å². The van der Waals surface area contributed by atoms with Gasteiger partial charge in [0.15, 0.2) is 6.21 Å². The van der Waals surface area contributed by atoms with Gasteiger partial charge in [-0.25, -0.2) is 5.10 Å². The fraction of sp³-hybridized carbons (Fsp3) is 0. The molecule has 0 aliphatic carbocycles. The van der Waals surface area contributed by atoms with Gasteiger partial charge in [-0.3, -0.25) is 0 Å². The molecule has 10 heteroatoms. The molecule has 1 rings (SSSR count). The van der Waals surface area contributed by atoms with Gasteiger partial charge < -0.3 is 15.3 Å². The number of hydrazone groups is 1. The molecule has 1 heterocycles. The van der Waals surface area contributed by atoms with E-state index in [1.807, 2.05) is 0 Å². The third-order valence-electron chi connectivity index (χ3n) is 1.05. The average Bonchev–Trinajstić information content (AvgIpc) is 2.64. The van der Waals surface area contributed by atoms with Crippen LogP contribution in [0.2, 0.25) is 0 Å². The molecule has 0 unspecified atom stereocenters. The second-order valence-corrected chi connectivity index (χ2v) is 1.92. The second-order valence-electron chi connectivity index (χ2n) is 1.92. The Morgan fingerprint density at radius 3 is 3.14 bits per heavy atom. The Morgan fingerprint density at radius 2 is 2.64 bits per heavy atom. The lowest BCUT2D eigenvalue weighted by Crippen LogP contribution is -2.15. The van der Waals surface area contributed by atoms with Gasteiger partial charge in [-0.2, -0.15) is 10.1 Å². The van der Waals surface area contributed by atoms with Crippen LogP contribution in [-0.2, 0) is 0 Å². The Kier molecular flexibility index (Phi) is 3.07. The number of hydrogen-bond acceptors (Lipinski definition) is 8. The topological polar surface area (TPSA) is 142 Å². The van der Waals surface area contributed by atoms with Crippen molar-refractivity contribution in [1.29, 1.82) is 0 Å². The van der Waals surface area contributed by atoms with Gasteiger partial charge in [0.1, 0.15) is 6.33 Å². The number of anilines is 1. The van der Waals surface area contributed by atoms with Crippen molar-refractivity contribution in [1.82, 2.24) is 15.2 Å². The van der Waals surface area contributed by atoms with Crippen LogP contribution in [0, 0.1) is 10.1 Å². The maximum Gasteiger partial charge on any atom is 0.409 e. The largest absolute Gasteiger partial charge is 0.411 e. The number of nitrogens with one attached hydrogen (secondary N) is 2. The third kappa shape index (κ3) is 2.51. The summed E-state index contributed by atoms with van der Waals surface area (Å²) in [4.78, 5) is 13.0. The van der Waals surface area contributed by atoms with Crippen LogP contribution in [0.4, 0.5) is 5.95 Å². The highest BCUT2D eigenvalue weighted by atomic mass is 16.6. The summed E-state index contributed by atoms with van der Waals surface area (Å²) in [7, 11) is 0. The van der Waals surface area contributed by atoms with Gasteiger partial charge in [-0.1, -0.05) is 5.16 Å². The van der Waals surface area contributed by atoms with Gasteiger partial charge in [0.05, 0.1) is 5.10 Å². The maximum atomic E-state index is 10.2. The molecule has 14 heavy (non-hydrogen) atoms. The van der Waals surface area contributed by atoms with Crippen molar-refractivity contribution in [2.75, 3.05) is 5.43 Å². The predicted octanol–water partition coefficient (Wildman–Crippen LogP) is -0.733. The standard InChI is InChI=1S/C4H5N7O3/c12-7-1-3(11(13)14)8-10-4-5-2-6-9-4/h1-2,12H,(H2,5,6,9,10)/b7-1-,8-3-.